The number of rotatable bonds is 6. The van der Waals surface area contributed by atoms with Gasteiger partial charge in [0.25, 0.3) is 0 Å². The third-order valence-electron chi connectivity index (χ3n) is 3.93. The minimum absolute atomic E-state index is 0.0857. The van der Waals surface area contributed by atoms with Crippen LogP contribution in [0.25, 0.3) is 0 Å². The Balaban J connectivity index is 2.09. The molecule has 1 unspecified atom stereocenters. The Hall–Kier alpha value is -1.59. The van der Waals surface area contributed by atoms with Crippen molar-refractivity contribution in [3.05, 3.63) is 29.8 Å². The van der Waals surface area contributed by atoms with E-state index < -0.39 is 6.10 Å². The first-order chi connectivity index (χ1) is 11.3. The third kappa shape index (κ3) is 5.49. The van der Waals surface area contributed by atoms with Gasteiger partial charge < -0.3 is 14.7 Å². The van der Waals surface area contributed by atoms with Gasteiger partial charge in [0.2, 0.25) is 5.91 Å². The second kappa shape index (κ2) is 8.49. The number of nitrogens with zero attached hydrogens (tertiary/aromatic N) is 2. The summed E-state index contributed by atoms with van der Waals surface area (Å²) in [6, 6.07) is 7.90. The monoisotopic (exact) mass is 334 g/mol. The number of aliphatic hydroxyl groups is 1. The second-order valence-corrected chi connectivity index (χ2v) is 7.29. The third-order valence-corrected chi connectivity index (χ3v) is 3.93. The predicted octanol–water partition coefficient (Wildman–Crippen LogP) is 2.13. The van der Waals surface area contributed by atoms with E-state index in [9.17, 15) is 9.90 Å². The number of carbonyl (C=O) groups excluding carboxylic acids is 1. The Bertz CT molecular complexity index is 545. The standard InChI is InChI=1S/C19H30N2O3/c1-14(2)9-21-12-17(22)11-20(13-19(21)23)10-16-7-5-6-8-18(16)24-15(3)4/h5-8,14-15,17,22H,9-13H2,1-4H3. The summed E-state index contributed by atoms with van der Waals surface area (Å²) in [6.45, 7) is 10.7. The molecule has 1 aliphatic heterocycles. The van der Waals surface area contributed by atoms with Crippen molar-refractivity contribution in [3.63, 3.8) is 0 Å². The van der Waals surface area contributed by atoms with Gasteiger partial charge in [0.1, 0.15) is 5.75 Å². The molecule has 0 aromatic heterocycles. The van der Waals surface area contributed by atoms with Gasteiger partial charge in [-0.25, -0.2) is 0 Å². The molecule has 1 heterocycles. The number of hydrogen-bond acceptors (Lipinski definition) is 4. The molecule has 1 saturated heterocycles. The van der Waals surface area contributed by atoms with E-state index in [1.54, 1.807) is 4.90 Å². The van der Waals surface area contributed by atoms with Gasteiger partial charge in [-0.3, -0.25) is 9.69 Å². The van der Waals surface area contributed by atoms with Crippen LogP contribution in [-0.2, 0) is 11.3 Å². The van der Waals surface area contributed by atoms with Crippen molar-refractivity contribution in [1.82, 2.24) is 9.80 Å². The highest BCUT2D eigenvalue weighted by molar-refractivity contribution is 5.78. The summed E-state index contributed by atoms with van der Waals surface area (Å²) in [6.07, 6.45) is -0.419. The van der Waals surface area contributed by atoms with E-state index in [2.05, 4.69) is 13.8 Å². The van der Waals surface area contributed by atoms with Crippen molar-refractivity contribution < 1.29 is 14.6 Å². The van der Waals surface area contributed by atoms with Gasteiger partial charge in [0, 0.05) is 31.7 Å². The lowest BCUT2D eigenvalue weighted by Crippen LogP contribution is -2.39. The molecular formula is C19H30N2O3. The second-order valence-electron chi connectivity index (χ2n) is 7.29. The summed E-state index contributed by atoms with van der Waals surface area (Å²) in [5.41, 5.74) is 1.04. The molecule has 1 amide bonds. The molecule has 1 N–H and O–H groups in total. The summed E-state index contributed by atoms with van der Waals surface area (Å²) in [7, 11) is 0. The number of benzene rings is 1. The molecule has 5 nitrogen and oxygen atoms in total. The molecule has 0 spiro atoms. The lowest BCUT2D eigenvalue weighted by molar-refractivity contribution is -0.132. The molecule has 1 fully saturated rings. The highest BCUT2D eigenvalue weighted by atomic mass is 16.5. The topological polar surface area (TPSA) is 53.0 Å². The molecule has 134 valence electrons. The fourth-order valence-electron chi connectivity index (χ4n) is 3.05. The number of carbonyl (C=O) groups is 1. The van der Waals surface area contributed by atoms with E-state index in [4.69, 9.17) is 4.74 Å². The number of β-amino-alcohol motifs (C(OH)–C–C–N with tert-alkyl or cyclic N) is 1. The van der Waals surface area contributed by atoms with Gasteiger partial charge >= 0.3 is 0 Å². The number of hydrogen-bond donors (Lipinski definition) is 1. The van der Waals surface area contributed by atoms with Crippen molar-refractivity contribution in [2.24, 2.45) is 5.92 Å². The Morgan fingerprint density at radius 1 is 1.21 bits per heavy atom. The van der Waals surface area contributed by atoms with Crippen LogP contribution in [-0.4, -0.2) is 59.2 Å². The van der Waals surface area contributed by atoms with E-state index in [0.717, 1.165) is 11.3 Å². The smallest absolute Gasteiger partial charge is 0.236 e. The molecule has 0 bridgehead atoms. The van der Waals surface area contributed by atoms with Gasteiger partial charge in [-0.2, -0.15) is 0 Å². The number of aliphatic hydroxyl groups excluding tert-OH is 1. The zero-order valence-corrected chi connectivity index (χ0v) is 15.2. The molecule has 1 aromatic carbocycles. The number of amides is 1. The molecule has 0 radical (unpaired) electrons. The van der Waals surface area contributed by atoms with Crippen molar-refractivity contribution in [1.29, 1.82) is 0 Å². The zero-order valence-electron chi connectivity index (χ0n) is 15.2. The molecule has 1 aliphatic rings. The van der Waals surface area contributed by atoms with Crippen molar-refractivity contribution >= 4 is 5.91 Å². The van der Waals surface area contributed by atoms with E-state index in [0.29, 0.717) is 38.6 Å². The van der Waals surface area contributed by atoms with E-state index in [1.165, 1.54) is 0 Å². The van der Waals surface area contributed by atoms with Crippen molar-refractivity contribution in [2.75, 3.05) is 26.2 Å². The lowest BCUT2D eigenvalue weighted by Gasteiger charge is -2.24. The molecule has 0 saturated carbocycles. The number of ether oxygens (including phenoxy) is 1. The highest BCUT2D eigenvalue weighted by Gasteiger charge is 2.27. The van der Waals surface area contributed by atoms with Crippen molar-refractivity contribution in [2.45, 2.75) is 46.4 Å². The molecule has 0 aliphatic carbocycles. The van der Waals surface area contributed by atoms with Crippen LogP contribution in [0.5, 0.6) is 5.75 Å². The van der Waals surface area contributed by atoms with Crippen LogP contribution in [0.4, 0.5) is 0 Å². The largest absolute Gasteiger partial charge is 0.491 e. The fraction of sp³-hybridized carbons (Fsp3) is 0.632. The van der Waals surface area contributed by atoms with E-state index in [1.807, 2.05) is 43.0 Å². The maximum Gasteiger partial charge on any atom is 0.236 e. The highest BCUT2D eigenvalue weighted by Crippen LogP contribution is 2.22. The van der Waals surface area contributed by atoms with Crippen LogP contribution in [0, 0.1) is 5.92 Å². The maximum absolute atomic E-state index is 12.5. The SMILES string of the molecule is CC(C)CN1CC(O)CN(Cc2ccccc2OC(C)C)CC1=O. The first kappa shape index (κ1) is 18.7. The first-order valence-corrected chi connectivity index (χ1v) is 8.78. The summed E-state index contributed by atoms with van der Waals surface area (Å²) >= 11 is 0. The van der Waals surface area contributed by atoms with Gasteiger partial charge in [0.15, 0.2) is 0 Å². The average molecular weight is 334 g/mol. The molecule has 24 heavy (non-hydrogen) atoms. The molecule has 1 atom stereocenters. The Labute approximate surface area is 145 Å². The fourth-order valence-corrected chi connectivity index (χ4v) is 3.05. The summed E-state index contributed by atoms with van der Waals surface area (Å²) < 4.78 is 5.86. The molecular weight excluding hydrogens is 304 g/mol. The predicted molar refractivity (Wildman–Crippen MR) is 94.9 cm³/mol. The van der Waals surface area contributed by atoms with Crippen LogP contribution in [0.2, 0.25) is 0 Å². The zero-order chi connectivity index (χ0) is 17.7. The number of para-hydroxylation sites is 1. The summed E-state index contributed by atoms with van der Waals surface area (Å²) in [5, 5.41) is 10.3. The maximum atomic E-state index is 12.5. The molecule has 5 heteroatoms. The van der Waals surface area contributed by atoms with E-state index >= 15 is 0 Å². The lowest BCUT2D eigenvalue weighted by atomic mass is 10.1. The van der Waals surface area contributed by atoms with Gasteiger partial charge in [-0.05, 0) is 25.8 Å². The summed E-state index contributed by atoms with van der Waals surface area (Å²) in [4.78, 5) is 16.3. The van der Waals surface area contributed by atoms with Crippen LogP contribution in [0.1, 0.15) is 33.3 Å². The van der Waals surface area contributed by atoms with Gasteiger partial charge in [-0.15, -0.1) is 0 Å². The quantitative estimate of drug-likeness (QED) is 0.866. The molecule has 2 rings (SSSR count). The van der Waals surface area contributed by atoms with Gasteiger partial charge in [0.05, 0.1) is 18.8 Å². The van der Waals surface area contributed by atoms with Crippen LogP contribution < -0.4 is 4.74 Å². The Morgan fingerprint density at radius 2 is 1.92 bits per heavy atom. The van der Waals surface area contributed by atoms with Gasteiger partial charge in [-0.1, -0.05) is 32.0 Å². The van der Waals surface area contributed by atoms with Crippen LogP contribution in [0.3, 0.4) is 0 Å². The van der Waals surface area contributed by atoms with Crippen molar-refractivity contribution in [3.8, 4) is 5.75 Å². The normalized spacial score (nSPS) is 19.9. The van der Waals surface area contributed by atoms with Crippen LogP contribution >= 0.6 is 0 Å². The van der Waals surface area contributed by atoms with Crippen LogP contribution in [0.15, 0.2) is 24.3 Å². The minimum Gasteiger partial charge on any atom is -0.491 e. The first-order valence-electron chi connectivity index (χ1n) is 8.78. The Kier molecular flexibility index (Phi) is 6.63. The molecule has 1 aromatic rings. The minimum atomic E-state index is -0.520. The Morgan fingerprint density at radius 3 is 2.58 bits per heavy atom. The van der Waals surface area contributed by atoms with E-state index in [-0.39, 0.29) is 12.0 Å². The average Bonchev–Trinajstić information content (AvgIpc) is 2.59. The summed E-state index contributed by atoms with van der Waals surface area (Å²) in [5.74, 6) is 1.33.